The van der Waals surface area contributed by atoms with Crippen LogP contribution in [0.2, 0.25) is 0 Å². The molecule has 0 unspecified atom stereocenters. The van der Waals surface area contributed by atoms with E-state index in [1.807, 2.05) is 14.8 Å². The number of nitrogens with zero attached hydrogens (tertiary/aromatic N) is 3. The number of benzene rings is 1. The Bertz CT molecular complexity index is 896. The summed E-state index contributed by atoms with van der Waals surface area (Å²) < 4.78 is 13.5. The molecule has 0 radical (unpaired) electrons. The summed E-state index contributed by atoms with van der Waals surface area (Å²) in [5.41, 5.74) is 9.67. The number of fused-ring (bicyclic) bond motifs is 1. The molecule has 2 heterocycles. The summed E-state index contributed by atoms with van der Waals surface area (Å²) in [6.45, 7) is 1.61. The average molecular weight is 387 g/mol. The fourth-order valence-corrected chi connectivity index (χ4v) is 3.27. The summed E-state index contributed by atoms with van der Waals surface area (Å²) in [5.74, 6) is 0.338. The van der Waals surface area contributed by atoms with Crippen LogP contribution in [0.1, 0.15) is 35.0 Å². The summed E-state index contributed by atoms with van der Waals surface area (Å²) in [6.07, 6.45) is -0.0681. The average Bonchev–Trinajstić information content (AvgIpc) is 2.64. The van der Waals surface area contributed by atoms with Gasteiger partial charge in [-0.25, -0.2) is 14.4 Å². The van der Waals surface area contributed by atoms with Gasteiger partial charge in [0.25, 0.3) is 0 Å². The third kappa shape index (κ3) is 4.40. The molecule has 5 N–H and O–H groups in total. The first-order valence-corrected chi connectivity index (χ1v) is 9.04. The normalized spacial score (nSPS) is 18.4. The number of aliphatic hydroxyl groups is 2. The number of anilines is 1. The standard InChI is InChI=1S/C18H23BFN5O3/c1-9-16-15(24-18(21)22-9)7-14(12-3-2-10(20)6-13(12)19)23-17(16)25-28-5-4-11(27)8-26/h2-3,6,11,14,26-27H,4-5,7-8,19H2,1H3,(H,23,25)(H2,21,22,24)/t11-,14+/m0/s1. The first kappa shape index (κ1) is 20.0. The highest BCUT2D eigenvalue weighted by Gasteiger charge is 2.29. The number of hydrogen-bond donors (Lipinski definition) is 4. The molecule has 1 aliphatic heterocycles. The Morgan fingerprint density at radius 2 is 2.25 bits per heavy atom. The fraction of sp³-hybridized carbons (Fsp3) is 0.389. The van der Waals surface area contributed by atoms with E-state index in [4.69, 9.17) is 15.7 Å². The van der Waals surface area contributed by atoms with Crippen molar-refractivity contribution in [2.45, 2.75) is 31.9 Å². The van der Waals surface area contributed by atoms with E-state index in [0.717, 1.165) is 16.7 Å². The molecule has 0 saturated carbocycles. The van der Waals surface area contributed by atoms with Crippen LogP contribution < -0.4 is 16.5 Å². The van der Waals surface area contributed by atoms with Gasteiger partial charge in [-0.15, -0.1) is 0 Å². The van der Waals surface area contributed by atoms with Gasteiger partial charge in [-0.2, -0.15) is 0 Å². The number of aliphatic hydroxyl groups excluding tert-OH is 2. The molecule has 2 aromatic rings. The molecule has 0 spiro atoms. The highest BCUT2D eigenvalue weighted by atomic mass is 19.1. The van der Waals surface area contributed by atoms with Crippen LogP contribution in [-0.2, 0) is 11.3 Å². The molecule has 28 heavy (non-hydrogen) atoms. The van der Waals surface area contributed by atoms with Gasteiger partial charge in [0.2, 0.25) is 5.95 Å². The van der Waals surface area contributed by atoms with Gasteiger partial charge in [-0.1, -0.05) is 16.7 Å². The second kappa shape index (κ2) is 8.53. The van der Waals surface area contributed by atoms with Crippen LogP contribution in [0.25, 0.3) is 0 Å². The molecule has 8 nitrogen and oxygen atoms in total. The molecule has 2 atom stereocenters. The van der Waals surface area contributed by atoms with Crippen molar-refractivity contribution in [2.75, 3.05) is 18.9 Å². The van der Waals surface area contributed by atoms with Crippen LogP contribution in [0.3, 0.4) is 0 Å². The van der Waals surface area contributed by atoms with Crippen LogP contribution in [0, 0.1) is 12.7 Å². The van der Waals surface area contributed by atoms with Crippen molar-refractivity contribution in [3.63, 3.8) is 0 Å². The van der Waals surface area contributed by atoms with E-state index < -0.39 is 6.10 Å². The van der Waals surface area contributed by atoms with Crippen molar-refractivity contribution in [1.82, 2.24) is 15.3 Å². The zero-order chi connectivity index (χ0) is 20.3. The van der Waals surface area contributed by atoms with Crippen LogP contribution in [0.4, 0.5) is 10.3 Å². The first-order valence-electron chi connectivity index (χ1n) is 9.04. The zero-order valence-electron chi connectivity index (χ0n) is 15.8. The minimum Gasteiger partial charge on any atom is -0.394 e. The van der Waals surface area contributed by atoms with Crippen molar-refractivity contribution in [2.24, 2.45) is 5.16 Å². The van der Waals surface area contributed by atoms with Crippen molar-refractivity contribution >= 4 is 25.1 Å². The molecule has 0 aliphatic carbocycles. The highest BCUT2D eigenvalue weighted by molar-refractivity contribution is 6.33. The number of hydrogen-bond acceptors (Lipinski definition) is 7. The summed E-state index contributed by atoms with van der Waals surface area (Å²) in [7, 11) is 1.85. The molecule has 0 fully saturated rings. The van der Waals surface area contributed by atoms with Gasteiger partial charge >= 0.3 is 0 Å². The zero-order valence-corrected chi connectivity index (χ0v) is 15.8. The second-order valence-electron chi connectivity index (χ2n) is 6.79. The van der Waals surface area contributed by atoms with E-state index in [-0.39, 0.29) is 37.4 Å². The summed E-state index contributed by atoms with van der Waals surface area (Å²) in [6, 6.07) is 4.45. The Labute approximate surface area is 163 Å². The topological polar surface area (TPSA) is 126 Å². The number of aryl methyl sites for hydroxylation is 1. The third-order valence-electron chi connectivity index (χ3n) is 4.64. The maximum atomic E-state index is 13.5. The van der Waals surface area contributed by atoms with Gasteiger partial charge in [-0.05, 0) is 24.6 Å². The fourth-order valence-electron chi connectivity index (χ4n) is 3.27. The molecular formula is C18H23BFN5O3. The number of rotatable bonds is 6. The quantitative estimate of drug-likeness (QED) is 0.287. The molecule has 0 saturated heterocycles. The number of oxime groups is 1. The smallest absolute Gasteiger partial charge is 0.220 e. The molecule has 1 aliphatic rings. The van der Waals surface area contributed by atoms with Gasteiger partial charge in [0.1, 0.15) is 20.3 Å². The van der Waals surface area contributed by atoms with Crippen LogP contribution in [0.5, 0.6) is 0 Å². The SMILES string of the molecule is Bc1cc(F)ccc1[C@H]1Cc2nc(N)nc(C)c2/C(=N/OCC[C@H](O)CO)N1. The Morgan fingerprint density at radius 1 is 1.46 bits per heavy atom. The van der Waals surface area contributed by atoms with E-state index in [1.54, 1.807) is 6.07 Å². The molecule has 148 valence electrons. The lowest BCUT2D eigenvalue weighted by atomic mass is 9.84. The monoisotopic (exact) mass is 387 g/mol. The molecule has 0 bridgehead atoms. The number of nitrogens with one attached hydrogen (secondary N) is 1. The second-order valence-corrected chi connectivity index (χ2v) is 6.79. The Morgan fingerprint density at radius 3 is 2.96 bits per heavy atom. The molecule has 10 heteroatoms. The number of halogens is 1. The minimum absolute atomic E-state index is 0.136. The Hall–Kier alpha value is -2.72. The van der Waals surface area contributed by atoms with Crippen molar-refractivity contribution in [3.8, 4) is 0 Å². The van der Waals surface area contributed by atoms with Gasteiger partial charge in [-0.3, -0.25) is 0 Å². The summed E-state index contributed by atoms with van der Waals surface area (Å²) in [5, 5.41) is 25.8. The lowest BCUT2D eigenvalue weighted by molar-refractivity contribution is 0.0501. The van der Waals surface area contributed by atoms with Crippen molar-refractivity contribution < 1.29 is 19.4 Å². The minimum atomic E-state index is -0.855. The van der Waals surface area contributed by atoms with Gasteiger partial charge in [0.05, 0.1) is 35.7 Å². The van der Waals surface area contributed by atoms with Crippen LogP contribution >= 0.6 is 0 Å². The maximum Gasteiger partial charge on any atom is 0.220 e. The largest absolute Gasteiger partial charge is 0.394 e. The van der Waals surface area contributed by atoms with E-state index in [1.165, 1.54) is 12.1 Å². The predicted molar refractivity (Wildman–Crippen MR) is 106 cm³/mol. The molecule has 0 amide bonds. The van der Waals surface area contributed by atoms with E-state index in [2.05, 4.69) is 20.4 Å². The Balaban J connectivity index is 1.91. The van der Waals surface area contributed by atoms with E-state index in [9.17, 15) is 9.50 Å². The highest BCUT2D eigenvalue weighted by Crippen LogP contribution is 2.26. The van der Waals surface area contributed by atoms with Crippen molar-refractivity contribution in [3.05, 3.63) is 46.5 Å². The third-order valence-corrected chi connectivity index (χ3v) is 4.64. The number of aromatic nitrogens is 2. The number of amidine groups is 1. The van der Waals surface area contributed by atoms with E-state index in [0.29, 0.717) is 23.5 Å². The summed E-state index contributed by atoms with van der Waals surface area (Å²) >= 11 is 0. The number of nitrogen functional groups attached to an aromatic ring is 1. The van der Waals surface area contributed by atoms with Crippen LogP contribution in [0.15, 0.2) is 23.4 Å². The predicted octanol–water partition coefficient (Wildman–Crippen LogP) is -0.927. The van der Waals surface area contributed by atoms with Crippen LogP contribution in [-0.4, -0.2) is 53.2 Å². The lowest BCUT2D eigenvalue weighted by Crippen LogP contribution is -2.40. The van der Waals surface area contributed by atoms with Crippen molar-refractivity contribution in [1.29, 1.82) is 0 Å². The number of nitrogens with two attached hydrogens (primary N) is 1. The van der Waals surface area contributed by atoms with Gasteiger partial charge in [0, 0.05) is 12.8 Å². The Kier molecular flexibility index (Phi) is 6.10. The van der Waals surface area contributed by atoms with E-state index >= 15 is 0 Å². The first-order chi connectivity index (χ1) is 13.4. The lowest BCUT2D eigenvalue weighted by Gasteiger charge is -2.29. The van der Waals surface area contributed by atoms with Gasteiger partial charge in [0.15, 0.2) is 5.84 Å². The molecular weight excluding hydrogens is 364 g/mol. The summed E-state index contributed by atoms with van der Waals surface area (Å²) in [4.78, 5) is 13.9. The maximum absolute atomic E-state index is 13.5. The molecule has 3 rings (SSSR count). The molecule has 1 aromatic carbocycles. The molecule has 1 aromatic heterocycles. The van der Waals surface area contributed by atoms with Gasteiger partial charge < -0.3 is 26.1 Å².